The van der Waals surface area contributed by atoms with E-state index in [0.29, 0.717) is 0 Å². The molecule has 0 unspecified atom stereocenters. The van der Waals surface area contributed by atoms with E-state index < -0.39 is 0 Å². The van der Waals surface area contributed by atoms with Gasteiger partial charge in [-0.1, -0.05) is 68.5 Å². The number of aryl methyl sites for hydroxylation is 1. The van der Waals surface area contributed by atoms with Gasteiger partial charge in [0.25, 0.3) is 0 Å². The molecule has 0 spiro atoms. The topological polar surface area (TPSA) is 29.6 Å². The molecule has 0 saturated carbocycles. The highest BCUT2D eigenvalue weighted by Gasteiger charge is 2.13. The number of aromatic nitrogens is 1. The summed E-state index contributed by atoms with van der Waals surface area (Å²) in [5, 5.41) is 8.90. The van der Waals surface area contributed by atoms with E-state index in [4.69, 9.17) is 0 Å². The standard InChI is InChI=1S/C20H23N3S/c1-14(15-10-12-16(13-11-15)20(2,3)4)21-22-19-23(5)17-8-6-7-9-18(17)24-19/h6-13H,1-5H3. The van der Waals surface area contributed by atoms with Gasteiger partial charge in [0.05, 0.1) is 15.9 Å². The Balaban J connectivity index is 1.94. The zero-order chi connectivity index (χ0) is 17.3. The van der Waals surface area contributed by atoms with Crippen LogP contribution in [0.2, 0.25) is 0 Å². The van der Waals surface area contributed by atoms with Crippen LogP contribution in [0.15, 0.2) is 58.7 Å². The van der Waals surface area contributed by atoms with Crippen LogP contribution in [-0.4, -0.2) is 10.3 Å². The predicted octanol–water partition coefficient (Wildman–Crippen LogP) is 4.86. The normalized spacial score (nSPS) is 13.7. The summed E-state index contributed by atoms with van der Waals surface area (Å²) in [4.78, 5) is 0.905. The van der Waals surface area contributed by atoms with E-state index in [1.54, 1.807) is 11.3 Å². The van der Waals surface area contributed by atoms with E-state index >= 15 is 0 Å². The van der Waals surface area contributed by atoms with Crippen molar-refractivity contribution in [3.63, 3.8) is 0 Å². The van der Waals surface area contributed by atoms with Crippen LogP contribution >= 0.6 is 11.3 Å². The van der Waals surface area contributed by atoms with Gasteiger partial charge in [-0.25, -0.2) is 0 Å². The predicted molar refractivity (Wildman–Crippen MR) is 104 cm³/mol. The zero-order valence-electron chi connectivity index (χ0n) is 14.9. The number of fused-ring (bicyclic) bond motifs is 1. The van der Waals surface area contributed by atoms with Gasteiger partial charge < -0.3 is 4.57 Å². The minimum absolute atomic E-state index is 0.165. The third-order valence-electron chi connectivity index (χ3n) is 4.17. The molecule has 0 aliphatic heterocycles. The van der Waals surface area contributed by atoms with Gasteiger partial charge in [0.15, 0.2) is 0 Å². The number of benzene rings is 2. The molecule has 124 valence electrons. The molecule has 0 amide bonds. The van der Waals surface area contributed by atoms with Gasteiger partial charge >= 0.3 is 0 Å². The Bertz CT molecular complexity index is 951. The molecule has 0 aliphatic rings. The molecule has 0 aliphatic carbocycles. The molecule has 0 atom stereocenters. The average Bonchev–Trinajstić information content (AvgIpc) is 2.88. The van der Waals surface area contributed by atoms with E-state index in [1.807, 2.05) is 26.1 Å². The average molecular weight is 337 g/mol. The summed E-state index contributed by atoms with van der Waals surface area (Å²) in [7, 11) is 2.03. The Kier molecular flexibility index (Phi) is 4.41. The molecular weight excluding hydrogens is 314 g/mol. The molecule has 2 aromatic carbocycles. The second kappa shape index (κ2) is 6.36. The van der Waals surface area contributed by atoms with Crippen LogP contribution < -0.4 is 4.80 Å². The fourth-order valence-electron chi connectivity index (χ4n) is 2.56. The van der Waals surface area contributed by atoms with Crippen molar-refractivity contribution in [2.75, 3.05) is 0 Å². The van der Waals surface area contributed by atoms with Crippen molar-refractivity contribution in [3.05, 3.63) is 64.5 Å². The Morgan fingerprint density at radius 2 is 1.67 bits per heavy atom. The molecule has 1 heterocycles. The number of nitrogens with zero attached hydrogens (tertiary/aromatic N) is 3. The van der Waals surface area contributed by atoms with Crippen molar-refractivity contribution < 1.29 is 0 Å². The summed E-state index contributed by atoms with van der Waals surface area (Å²) in [6, 6.07) is 16.9. The molecule has 0 bridgehead atoms. The van der Waals surface area contributed by atoms with E-state index in [2.05, 4.69) is 71.9 Å². The third kappa shape index (κ3) is 3.34. The van der Waals surface area contributed by atoms with Crippen LogP contribution in [0, 0.1) is 0 Å². The Morgan fingerprint density at radius 3 is 2.29 bits per heavy atom. The molecule has 0 radical (unpaired) electrons. The number of hydrogen-bond acceptors (Lipinski definition) is 3. The van der Waals surface area contributed by atoms with E-state index in [1.165, 1.54) is 15.8 Å². The highest BCUT2D eigenvalue weighted by molar-refractivity contribution is 7.16. The number of para-hydroxylation sites is 1. The highest BCUT2D eigenvalue weighted by atomic mass is 32.1. The maximum atomic E-state index is 4.46. The smallest absolute Gasteiger partial charge is 0.211 e. The second-order valence-electron chi connectivity index (χ2n) is 7.02. The monoisotopic (exact) mass is 337 g/mol. The van der Waals surface area contributed by atoms with Gasteiger partial charge in [0.2, 0.25) is 4.80 Å². The number of rotatable bonds is 2. The lowest BCUT2D eigenvalue weighted by atomic mass is 9.86. The Labute approximate surface area is 147 Å². The first-order valence-corrected chi connectivity index (χ1v) is 8.92. The largest absolute Gasteiger partial charge is 0.318 e. The lowest BCUT2D eigenvalue weighted by molar-refractivity contribution is 0.590. The van der Waals surface area contributed by atoms with Crippen molar-refractivity contribution in [3.8, 4) is 0 Å². The SMILES string of the molecule is CC(=NN=c1sc2ccccc2n1C)c1ccc(C(C)(C)C)cc1. The molecule has 0 saturated heterocycles. The maximum Gasteiger partial charge on any atom is 0.211 e. The fraction of sp³-hybridized carbons (Fsp3) is 0.300. The fourth-order valence-corrected chi connectivity index (χ4v) is 3.53. The van der Waals surface area contributed by atoms with Gasteiger partial charge in [-0.15, -0.1) is 5.10 Å². The van der Waals surface area contributed by atoms with Crippen LogP contribution in [0.5, 0.6) is 0 Å². The molecule has 3 aromatic rings. The summed E-state index contributed by atoms with van der Waals surface area (Å²) in [5.74, 6) is 0. The molecular formula is C20H23N3S. The first-order chi connectivity index (χ1) is 11.4. The summed E-state index contributed by atoms with van der Waals surface area (Å²) in [6.07, 6.45) is 0. The molecule has 0 N–H and O–H groups in total. The van der Waals surface area contributed by atoms with E-state index in [0.717, 1.165) is 16.1 Å². The van der Waals surface area contributed by atoms with Crippen LogP contribution in [0.3, 0.4) is 0 Å². The van der Waals surface area contributed by atoms with Crippen molar-refractivity contribution in [2.24, 2.45) is 17.3 Å². The van der Waals surface area contributed by atoms with Crippen LogP contribution in [0.4, 0.5) is 0 Å². The molecule has 1 aromatic heterocycles. The molecule has 3 rings (SSSR count). The van der Waals surface area contributed by atoms with Crippen LogP contribution in [0.25, 0.3) is 10.2 Å². The Morgan fingerprint density at radius 1 is 1.00 bits per heavy atom. The van der Waals surface area contributed by atoms with Gasteiger partial charge in [0, 0.05) is 7.05 Å². The van der Waals surface area contributed by atoms with Crippen molar-refractivity contribution >= 4 is 27.3 Å². The van der Waals surface area contributed by atoms with E-state index in [-0.39, 0.29) is 5.41 Å². The zero-order valence-corrected chi connectivity index (χ0v) is 15.7. The summed E-state index contributed by atoms with van der Waals surface area (Å²) in [6.45, 7) is 8.67. The van der Waals surface area contributed by atoms with Gasteiger partial charge in [-0.3, -0.25) is 0 Å². The Hall–Kier alpha value is -2.20. The first kappa shape index (κ1) is 16.7. The maximum absolute atomic E-state index is 4.46. The van der Waals surface area contributed by atoms with Gasteiger partial charge in [0.1, 0.15) is 0 Å². The van der Waals surface area contributed by atoms with Crippen LogP contribution in [-0.2, 0) is 12.5 Å². The summed E-state index contributed by atoms with van der Waals surface area (Å²) >= 11 is 1.66. The minimum Gasteiger partial charge on any atom is -0.318 e. The first-order valence-electron chi connectivity index (χ1n) is 8.10. The van der Waals surface area contributed by atoms with Gasteiger partial charge in [-0.2, -0.15) is 5.10 Å². The molecule has 3 nitrogen and oxygen atoms in total. The number of hydrogen-bond donors (Lipinski definition) is 0. The van der Waals surface area contributed by atoms with Crippen LogP contribution in [0.1, 0.15) is 38.8 Å². The minimum atomic E-state index is 0.165. The number of thiazole rings is 1. The van der Waals surface area contributed by atoms with Crippen molar-refractivity contribution in [2.45, 2.75) is 33.1 Å². The van der Waals surface area contributed by atoms with Crippen molar-refractivity contribution in [1.82, 2.24) is 4.57 Å². The lowest BCUT2D eigenvalue weighted by Gasteiger charge is -2.19. The second-order valence-corrected chi connectivity index (χ2v) is 8.03. The molecule has 24 heavy (non-hydrogen) atoms. The summed E-state index contributed by atoms with van der Waals surface area (Å²) in [5.41, 5.74) is 4.71. The lowest BCUT2D eigenvalue weighted by Crippen LogP contribution is -2.11. The van der Waals surface area contributed by atoms with E-state index in [9.17, 15) is 0 Å². The van der Waals surface area contributed by atoms with Gasteiger partial charge in [-0.05, 0) is 35.6 Å². The highest BCUT2D eigenvalue weighted by Crippen LogP contribution is 2.22. The molecule has 0 fully saturated rings. The third-order valence-corrected chi connectivity index (χ3v) is 5.27. The quantitative estimate of drug-likeness (QED) is 0.472. The summed E-state index contributed by atoms with van der Waals surface area (Å²) < 4.78 is 3.31. The van der Waals surface area contributed by atoms with Crippen molar-refractivity contribution in [1.29, 1.82) is 0 Å². The molecule has 4 heteroatoms.